The molecule has 0 atom stereocenters. The van der Waals surface area contributed by atoms with E-state index < -0.39 is 5.54 Å². The second kappa shape index (κ2) is 9.68. The number of anilines is 2. The number of hydrogen-bond donors (Lipinski definition) is 0. The van der Waals surface area contributed by atoms with E-state index in [1.165, 1.54) is 11.1 Å². The highest BCUT2D eigenvalue weighted by molar-refractivity contribution is 5.73. The Labute approximate surface area is 201 Å². The van der Waals surface area contributed by atoms with E-state index in [1.807, 2.05) is 12.1 Å². The fraction of sp³-hybridized carbons (Fsp3) is 0.0625. The largest absolute Gasteiger partial charge is 0.497 e. The lowest BCUT2D eigenvalue weighted by molar-refractivity contribution is 0.414. The lowest BCUT2D eigenvalue weighted by atomic mass is 9.75. The molecule has 0 aliphatic carbocycles. The van der Waals surface area contributed by atoms with Crippen LogP contribution in [-0.4, -0.2) is 7.11 Å². The summed E-state index contributed by atoms with van der Waals surface area (Å²) in [4.78, 5) is 2.44. The zero-order chi connectivity index (χ0) is 23.2. The van der Waals surface area contributed by atoms with Crippen LogP contribution in [0.4, 0.5) is 11.4 Å². The highest BCUT2D eigenvalue weighted by Crippen LogP contribution is 2.48. The minimum atomic E-state index is -0.627. The van der Waals surface area contributed by atoms with Crippen molar-refractivity contribution in [1.82, 2.24) is 0 Å². The number of rotatable bonds is 7. The summed E-state index contributed by atoms with van der Waals surface area (Å²) >= 11 is 0. The lowest BCUT2D eigenvalue weighted by Gasteiger charge is -2.47. The molecule has 0 aromatic heterocycles. The average molecular weight is 442 g/mol. The summed E-state index contributed by atoms with van der Waals surface area (Å²) in [6.07, 6.45) is 0. The van der Waals surface area contributed by atoms with Gasteiger partial charge in [-0.25, -0.2) is 0 Å². The molecule has 0 spiro atoms. The minimum Gasteiger partial charge on any atom is -0.497 e. The van der Waals surface area contributed by atoms with E-state index in [9.17, 15) is 0 Å². The molecular formula is C32H27NO. The van der Waals surface area contributed by atoms with E-state index in [-0.39, 0.29) is 0 Å². The fourth-order valence-electron chi connectivity index (χ4n) is 4.77. The molecule has 166 valence electrons. The molecule has 0 radical (unpaired) electrons. The molecule has 34 heavy (non-hydrogen) atoms. The fourth-order valence-corrected chi connectivity index (χ4v) is 4.77. The summed E-state index contributed by atoms with van der Waals surface area (Å²) in [7, 11) is 1.71. The van der Waals surface area contributed by atoms with Gasteiger partial charge >= 0.3 is 0 Å². The van der Waals surface area contributed by atoms with Crippen molar-refractivity contribution >= 4 is 11.4 Å². The van der Waals surface area contributed by atoms with Gasteiger partial charge in [-0.15, -0.1) is 0 Å². The molecule has 0 N–H and O–H groups in total. The van der Waals surface area contributed by atoms with Gasteiger partial charge in [-0.1, -0.05) is 109 Å². The van der Waals surface area contributed by atoms with Gasteiger partial charge in [0.15, 0.2) is 0 Å². The smallest absolute Gasteiger partial charge is 0.121 e. The second-order valence-corrected chi connectivity index (χ2v) is 8.18. The summed E-state index contributed by atoms with van der Waals surface area (Å²) in [5.74, 6) is 0.838. The van der Waals surface area contributed by atoms with Crippen LogP contribution in [0.2, 0.25) is 0 Å². The van der Waals surface area contributed by atoms with Gasteiger partial charge in [-0.3, -0.25) is 0 Å². The normalized spacial score (nSPS) is 11.1. The average Bonchev–Trinajstić information content (AvgIpc) is 2.94. The molecule has 0 bridgehead atoms. The van der Waals surface area contributed by atoms with Crippen LogP contribution in [-0.2, 0) is 5.54 Å². The van der Waals surface area contributed by atoms with E-state index in [1.54, 1.807) is 7.11 Å². The van der Waals surface area contributed by atoms with Crippen LogP contribution in [0.25, 0.3) is 0 Å². The van der Waals surface area contributed by atoms with Gasteiger partial charge in [0.25, 0.3) is 0 Å². The molecule has 5 rings (SSSR count). The summed E-state index contributed by atoms with van der Waals surface area (Å²) in [6, 6.07) is 51.2. The number of hydrogen-bond acceptors (Lipinski definition) is 2. The molecule has 0 unspecified atom stereocenters. The zero-order valence-electron chi connectivity index (χ0n) is 19.2. The summed E-state index contributed by atoms with van der Waals surface area (Å²) in [5, 5.41) is 0. The highest BCUT2D eigenvalue weighted by Gasteiger charge is 2.43. The predicted molar refractivity (Wildman–Crippen MR) is 141 cm³/mol. The van der Waals surface area contributed by atoms with Gasteiger partial charge < -0.3 is 9.64 Å². The van der Waals surface area contributed by atoms with E-state index in [2.05, 4.69) is 138 Å². The lowest BCUT2D eigenvalue weighted by Crippen LogP contribution is -2.45. The molecule has 0 aliphatic rings. The van der Waals surface area contributed by atoms with Crippen LogP contribution in [0.5, 0.6) is 5.75 Å². The molecule has 5 aromatic carbocycles. The van der Waals surface area contributed by atoms with Crippen molar-refractivity contribution in [2.45, 2.75) is 5.54 Å². The molecular weight excluding hydrogens is 414 g/mol. The second-order valence-electron chi connectivity index (χ2n) is 8.18. The van der Waals surface area contributed by atoms with Gasteiger partial charge in [-0.05, 0) is 53.1 Å². The first-order valence-electron chi connectivity index (χ1n) is 11.5. The topological polar surface area (TPSA) is 12.5 Å². The molecule has 2 heteroatoms. The Hall–Kier alpha value is -4.30. The number of nitrogens with zero attached hydrogens (tertiary/aromatic N) is 1. The van der Waals surface area contributed by atoms with Crippen molar-refractivity contribution in [3.05, 3.63) is 162 Å². The van der Waals surface area contributed by atoms with Crippen LogP contribution >= 0.6 is 0 Å². The number of para-hydroxylation sites is 2. The molecule has 0 aliphatic heterocycles. The summed E-state index contributed by atoms with van der Waals surface area (Å²) in [6.45, 7) is 0. The zero-order valence-corrected chi connectivity index (χ0v) is 19.2. The first kappa shape index (κ1) is 21.5. The number of methoxy groups -OCH3 is 1. The predicted octanol–water partition coefficient (Wildman–Crippen LogP) is 7.83. The van der Waals surface area contributed by atoms with Crippen LogP contribution in [0.3, 0.4) is 0 Å². The Bertz CT molecular complexity index is 1220. The number of benzene rings is 5. The van der Waals surface area contributed by atoms with Gasteiger partial charge in [0, 0.05) is 11.4 Å². The maximum atomic E-state index is 5.51. The first-order chi connectivity index (χ1) is 16.8. The van der Waals surface area contributed by atoms with Crippen LogP contribution in [0, 0.1) is 0 Å². The van der Waals surface area contributed by atoms with Crippen molar-refractivity contribution in [2.24, 2.45) is 0 Å². The van der Waals surface area contributed by atoms with Gasteiger partial charge in [0.05, 0.1) is 7.11 Å². The quantitative estimate of drug-likeness (QED) is 0.239. The standard InChI is InChI=1S/C32H27NO/c1-34-31-24-22-28(23-25-31)32(26-14-6-2-7-15-26,27-16-8-3-9-17-27)33(29-18-10-4-11-19-29)30-20-12-5-13-21-30/h2-25H,1H3. The van der Waals surface area contributed by atoms with E-state index >= 15 is 0 Å². The van der Waals surface area contributed by atoms with Gasteiger partial charge in [-0.2, -0.15) is 0 Å². The first-order valence-corrected chi connectivity index (χ1v) is 11.5. The Morgan fingerprint density at radius 3 is 1.18 bits per heavy atom. The Balaban J connectivity index is 1.93. The van der Waals surface area contributed by atoms with Crippen molar-refractivity contribution in [3.63, 3.8) is 0 Å². The van der Waals surface area contributed by atoms with Gasteiger partial charge in [0.2, 0.25) is 0 Å². The minimum absolute atomic E-state index is 0.627. The monoisotopic (exact) mass is 441 g/mol. The number of ether oxygens (including phenoxy) is 1. The Morgan fingerprint density at radius 2 is 0.794 bits per heavy atom. The van der Waals surface area contributed by atoms with Crippen molar-refractivity contribution in [1.29, 1.82) is 0 Å². The summed E-state index contributed by atoms with van der Waals surface area (Å²) < 4.78 is 5.51. The Kier molecular flexibility index (Phi) is 6.13. The van der Waals surface area contributed by atoms with Crippen LogP contribution < -0.4 is 9.64 Å². The van der Waals surface area contributed by atoms with Crippen LogP contribution in [0.1, 0.15) is 16.7 Å². The molecule has 5 aromatic rings. The maximum absolute atomic E-state index is 5.51. The third kappa shape index (κ3) is 3.84. The van der Waals surface area contributed by atoms with Crippen LogP contribution in [0.15, 0.2) is 146 Å². The van der Waals surface area contributed by atoms with Crippen molar-refractivity contribution in [2.75, 3.05) is 12.0 Å². The van der Waals surface area contributed by atoms with Crippen molar-refractivity contribution < 1.29 is 4.74 Å². The van der Waals surface area contributed by atoms with E-state index in [0.717, 1.165) is 22.7 Å². The molecule has 2 nitrogen and oxygen atoms in total. The molecule has 0 amide bonds. The van der Waals surface area contributed by atoms with Crippen molar-refractivity contribution in [3.8, 4) is 5.75 Å². The molecule has 0 heterocycles. The summed E-state index contributed by atoms with van der Waals surface area (Å²) in [5.41, 5.74) is 5.10. The third-order valence-corrected chi connectivity index (χ3v) is 6.26. The third-order valence-electron chi connectivity index (χ3n) is 6.26. The molecule has 0 fully saturated rings. The SMILES string of the molecule is COc1ccc(C(c2ccccc2)(c2ccccc2)N(c2ccccc2)c2ccccc2)cc1. The molecule has 0 saturated carbocycles. The maximum Gasteiger partial charge on any atom is 0.121 e. The van der Waals surface area contributed by atoms with E-state index in [4.69, 9.17) is 4.74 Å². The van der Waals surface area contributed by atoms with Gasteiger partial charge in [0.1, 0.15) is 11.3 Å². The molecule has 0 saturated heterocycles. The van der Waals surface area contributed by atoms with E-state index in [0.29, 0.717) is 0 Å². The highest BCUT2D eigenvalue weighted by atomic mass is 16.5. The Morgan fingerprint density at radius 1 is 0.441 bits per heavy atom.